The Bertz CT molecular complexity index is 1250. The van der Waals surface area contributed by atoms with E-state index in [1.165, 1.54) is 18.4 Å². The number of hydrogen-bond acceptors (Lipinski definition) is 4. The molecule has 0 amide bonds. The van der Waals surface area contributed by atoms with Gasteiger partial charge in [-0.15, -0.1) is 0 Å². The molecule has 0 saturated heterocycles. The van der Waals surface area contributed by atoms with E-state index in [0.717, 1.165) is 29.7 Å². The van der Waals surface area contributed by atoms with Gasteiger partial charge in [-0.2, -0.15) is 4.57 Å². The number of anilines is 1. The van der Waals surface area contributed by atoms with Crippen LogP contribution in [0.15, 0.2) is 47.5 Å². The van der Waals surface area contributed by atoms with E-state index < -0.39 is 15.7 Å². The van der Waals surface area contributed by atoms with Crippen LogP contribution in [0.3, 0.4) is 0 Å². The average Bonchev–Trinajstić information content (AvgIpc) is 3.51. The first-order valence-electron chi connectivity index (χ1n) is 9.35. The maximum absolute atomic E-state index is 13.9. The van der Waals surface area contributed by atoms with Crippen molar-refractivity contribution in [3.8, 4) is 11.1 Å². The van der Waals surface area contributed by atoms with Gasteiger partial charge in [-0.3, -0.25) is 4.79 Å². The van der Waals surface area contributed by atoms with E-state index in [1.54, 1.807) is 36.0 Å². The van der Waals surface area contributed by atoms with E-state index in [-0.39, 0.29) is 4.90 Å². The molecule has 4 rings (SSSR count). The zero-order valence-electron chi connectivity index (χ0n) is 16.5. The van der Waals surface area contributed by atoms with Crippen LogP contribution >= 0.6 is 0 Å². The summed E-state index contributed by atoms with van der Waals surface area (Å²) in [5.74, 6) is -0.432. The molecule has 0 spiro atoms. The van der Waals surface area contributed by atoms with Crippen LogP contribution in [0.2, 0.25) is 0 Å². The van der Waals surface area contributed by atoms with Gasteiger partial charge in [0.05, 0.1) is 15.8 Å². The fraction of sp³-hybridized carbons (Fsp3) is 0.273. The van der Waals surface area contributed by atoms with Crippen LogP contribution in [0.4, 0.5) is 10.1 Å². The monoisotopic (exact) mass is 413 g/mol. The number of fused-ring (bicyclic) bond motifs is 1. The maximum Gasteiger partial charge on any atom is 0.253 e. The van der Waals surface area contributed by atoms with Gasteiger partial charge in [0.2, 0.25) is 6.29 Å². The second-order valence-corrected chi connectivity index (χ2v) is 9.66. The van der Waals surface area contributed by atoms with Crippen LogP contribution in [0.5, 0.6) is 0 Å². The normalized spacial score (nSPS) is 14.2. The molecule has 5 nitrogen and oxygen atoms in total. The first kappa shape index (κ1) is 19.5. The van der Waals surface area contributed by atoms with Gasteiger partial charge >= 0.3 is 0 Å². The van der Waals surface area contributed by atoms with Gasteiger partial charge in [-0.1, -0.05) is 6.07 Å². The molecule has 1 saturated carbocycles. The molecule has 7 heteroatoms. The molecule has 1 fully saturated rings. The minimum Gasteiger partial charge on any atom is -0.371 e. The third-order valence-electron chi connectivity index (χ3n) is 5.52. The lowest BCUT2D eigenvalue weighted by atomic mass is 9.97. The molecule has 0 atom stereocenters. The van der Waals surface area contributed by atoms with Crippen molar-refractivity contribution in [1.29, 1.82) is 0 Å². The highest BCUT2D eigenvalue weighted by Gasteiger charge is 2.29. The number of carbonyl (C=O) groups excluding carboxylic acids is 1. The number of aromatic nitrogens is 1. The predicted molar refractivity (Wildman–Crippen MR) is 110 cm³/mol. The Balaban J connectivity index is 2.08. The maximum atomic E-state index is 13.9. The Morgan fingerprint density at radius 2 is 1.83 bits per heavy atom. The van der Waals surface area contributed by atoms with Crippen LogP contribution in [0.25, 0.3) is 21.9 Å². The second kappa shape index (κ2) is 6.91. The summed E-state index contributed by atoms with van der Waals surface area (Å²) in [4.78, 5) is 14.0. The number of nitrogens with zero attached hydrogens (tertiary/aromatic N) is 2. The first-order chi connectivity index (χ1) is 13.7. The van der Waals surface area contributed by atoms with Gasteiger partial charge in [0.15, 0.2) is 16.0 Å². The summed E-state index contributed by atoms with van der Waals surface area (Å²) in [6.45, 7) is 0. The molecule has 1 aliphatic carbocycles. The van der Waals surface area contributed by atoms with Crippen molar-refractivity contribution in [3.05, 3.63) is 54.1 Å². The molecule has 1 aliphatic rings. The molecular weight excluding hydrogens is 391 g/mol. The van der Waals surface area contributed by atoms with E-state index >= 15 is 0 Å². The van der Waals surface area contributed by atoms with Crippen LogP contribution in [0.1, 0.15) is 23.3 Å². The number of rotatable bonds is 5. The number of halogens is 1. The van der Waals surface area contributed by atoms with Crippen molar-refractivity contribution in [2.45, 2.75) is 23.8 Å². The van der Waals surface area contributed by atoms with Gasteiger partial charge < -0.3 is 4.90 Å². The second-order valence-electron chi connectivity index (χ2n) is 7.64. The zero-order chi connectivity index (χ0) is 20.9. The summed E-state index contributed by atoms with van der Waals surface area (Å²) in [6, 6.07) is 9.87. The molecule has 3 aromatic rings. The molecule has 0 aliphatic heterocycles. The highest BCUT2D eigenvalue weighted by molar-refractivity contribution is 7.90. The number of carbonyl (C=O) groups is 1. The number of aldehydes is 1. The third-order valence-corrected chi connectivity index (χ3v) is 6.63. The van der Waals surface area contributed by atoms with Crippen molar-refractivity contribution < 1.29 is 22.2 Å². The van der Waals surface area contributed by atoms with Gasteiger partial charge in [0, 0.05) is 36.0 Å². The van der Waals surface area contributed by atoms with Crippen molar-refractivity contribution in [3.63, 3.8) is 0 Å². The topological polar surface area (TPSA) is 58.3 Å². The van der Waals surface area contributed by atoms with E-state index in [2.05, 4.69) is 4.90 Å². The number of hydrogen-bond donors (Lipinski definition) is 0. The van der Waals surface area contributed by atoms with Gasteiger partial charge in [0.25, 0.3) is 5.69 Å². The lowest BCUT2D eigenvalue weighted by Gasteiger charge is -2.23. The van der Waals surface area contributed by atoms with Crippen LogP contribution in [-0.4, -0.2) is 34.0 Å². The minimum atomic E-state index is -3.40. The number of aryl methyl sites for hydroxylation is 1. The van der Waals surface area contributed by atoms with Gasteiger partial charge in [-0.05, 0) is 43.2 Å². The van der Waals surface area contributed by atoms with Gasteiger partial charge in [0.1, 0.15) is 12.9 Å². The summed E-state index contributed by atoms with van der Waals surface area (Å²) < 4.78 is 40.0. The molecule has 1 heterocycles. The SMILES string of the molecule is CN(c1ccc(S(C)(=O)=O)cc1-c1c[n+](C)c(C=O)c2cc(F)ccc12)C1CC1. The first-order valence-corrected chi connectivity index (χ1v) is 11.2. The number of benzene rings is 2. The summed E-state index contributed by atoms with van der Waals surface area (Å²) in [5.41, 5.74) is 2.76. The summed E-state index contributed by atoms with van der Waals surface area (Å²) in [6.07, 6.45) is 5.87. The Morgan fingerprint density at radius 1 is 1.10 bits per heavy atom. The molecular formula is C22H22FN2O3S+. The van der Waals surface area contributed by atoms with E-state index in [9.17, 15) is 17.6 Å². The highest BCUT2D eigenvalue weighted by Crippen LogP contribution is 2.40. The summed E-state index contributed by atoms with van der Waals surface area (Å²) in [7, 11) is 0.318. The smallest absolute Gasteiger partial charge is 0.253 e. The van der Waals surface area contributed by atoms with Gasteiger partial charge in [-0.25, -0.2) is 12.8 Å². The summed E-state index contributed by atoms with van der Waals surface area (Å²) >= 11 is 0. The van der Waals surface area contributed by atoms with Crippen molar-refractivity contribution in [2.24, 2.45) is 7.05 Å². The lowest BCUT2D eigenvalue weighted by Crippen LogP contribution is -2.33. The molecule has 0 bridgehead atoms. The minimum absolute atomic E-state index is 0.220. The van der Waals surface area contributed by atoms with E-state index in [1.807, 2.05) is 13.1 Å². The van der Waals surface area contributed by atoms with Crippen molar-refractivity contribution in [2.75, 3.05) is 18.2 Å². The molecule has 0 radical (unpaired) electrons. The average molecular weight is 413 g/mol. The lowest BCUT2D eigenvalue weighted by molar-refractivity contribution is -0.671. The zero-order valence-corrected chi connectivity index (χ0v) is 17.3. The third kappa shape index (κ3) is 3.51. The molecule has 150 valence electrons. The van der Waals surface area contributed by atoms with E-state index in [0.29, 0.717) is 28.8 Å². The largest absolute Gasteiger partial charge is 0.371 e. The fourth-order valence-electron chi connectivity index (χ4n) is 3.77. The number of pyridine rings is 1. The molecule has 1 aromatic heterocycles. The molecule has 0 N–H and O–H groups in total. The van der Waals surface area contributed by atoms with Crippen LogP contribution in [-0.2, 0) is 16.9 Å². The van der Waals surface area contributed by atoms with Crippen molar-refractivity contribution in [1.82, 2.24) is 0 Å². The van der Waals surface area contributed by atoms with Crippen molar-refractivity contribution >= 4 is 32.6 Å². The van der Waals surface area contributed by atoms with E-state index in [4.69, 9.17) is 0 Å². The molecule has 2 aromatic carbocycles. The Morgan fingerprint density at radius 3 is 2.45 bits per heavy atom. The Hall–Kier alpha value is -2.80. The molecule has 0 unspecified atom stereocenters. The highest BCUT2D eigenvalue weighted by atomic mass is 32.2. The quantitative estimate of drug-likeness (QED) is 0.476. The van der Waals surface area contributed by atoms with Crippen LogP contribution in [0, 0.1) is 5.82 Å². The van der Waals surface area contributed by atoms with Crippen LogP contribution < -0.4 is 9.47 Å². The molecule has 29 heavy (non-hydrogen) atoms. The standard InChI is InChI=1S/C22H22FN2O3S/c1-24-12-20(17-8-4-14(23)10-18(17)22(24)13-26)19-11-16(29(3,27)28)7-9-21(19)25(2)15-5-6-15/h4,7-13,15H,5-6H2,1-3H3/q+1. The Labute approximate surface area is 169 Å². The summed E-state index contributed by atoms with van der Waals surface area (Å²) in [5, 5.41) is 1.19. The number of sulfone groups is 1. The predicted octanol–water partition coefficient (Wildman–Crippen LogP) is 3.29. The fourth-order valence-corrected chi connectivity index (χ4v) is 4.42. The Kier molecular flexibility index (Phi) is 4.65.